The Labute approximate surface area is 102 Å². The van der Waals surface area contributed by atoms with Crippen molar-refractivity contribution in [2.45, 2.75) is 27.2 Å². The van der Waals surface area contributed by atoms with Gasteiger partial charge >= 0.3 is 0 Å². The Kier molecular flexibility index (Phi) is 3.29. The first-order valence-electron chi connectivity index (χ1n) is 5.84. The summed E-state index contributed by atoms with van der Waals surface area (Å²) in [4.78, 5) is 4.47. The van der Waals surface area contributed by atoms with E-state index in [4.69, 9.17) is 10.2 Å². The van der Waals surface area contributed by atoms with Gasteiger partial charge in [-0.25, -0.2) is 4.98 Å². The molecule has 1 aromatic carbocycles. The van der Waals surface area contributed by atoms with Gasteiger partial charge in [0.2, 0.25) is 0 Å². The second kappa shape index (κ2) is 4.72. The van der Waals surface area contributed by atoms with E-state index < -0.39 is 0 Å². The smallest absolute Gasteiger partial charge is 0.195 e. The van der Waals surface area contributed by atoms with Gasteiger partial charge in [0.25, 0.3) is 0 Å². The van der Waals surface area contributed by atoms with Crippen molar-refractivity contribution in [2.24, 2.45) is 5.73 Å². The van der Waals surface area contributed by atoms with Gasteiger partial charge in [-0.3, -0.25) is 0 Å². The lowest BCUT2D eigenvalue weighted by molar-refractivity contribution is 0.496. The standard InChI is InChI=1S/C14H18N2O/c1-9-6-10(2)14(11(3)7-9)12-8-17-13(16-12)4-5-15/h6-8H,4-5,15H2,1-3H3. The van der Waals surface area contributed by atoms with Gasteiger partial charge in [0, 0.05) is 18.5 Å². The maximum absolute atomic E-state index is 5.49. The van der Waals surface area contributed by atoms with Crippen LogP contribution < -0.4 is 5.73 Å². The number of oxazole rings is 1. The fraction of sp³-hybridized carbons (Fsp3) is 0.357. The van der Waals surface area contributed by atoms with Crippen LogP contribution in [0.2, 0.25) is 0 Å². The summed E-state index contributed by atoms with van der Waals surface area (Å²) in [7, 11) is 0. The van der Waals surface area contributed by atoms with Crippen LogP contribution in [0.5, 0.6) is 0 Å². The van der Waals surface area contributed by atoms with E-state index in [2.05, 4.69) is 37.9 Å². The van der Waals surface area contributed by atoms with E-state index >= 15 is 0 Å². The summed E-state index contributed by atoms with van der Waals surface area (Å²) >= 11 is 0. The second-order valence-corrected chi connectivity index (χ2v) is 4.44. The van der Waals surface area contributed by atoms with Crippen molar-refractivity contribution in [1.82, 2.24) is 4.98 Å². The SMILES string of the molecule is Cc1cc(C)c(-c2coc(CCN)n2)c(C)c1. The maximum Gasteiger partial charge on any atom is 0.195 e. The highest BCUT2D eigenvalue weighted by Crippen LogP contribution is 2.27. The van der Waals surface area contributed by atoms with E-state index in [0.29, 0.717) is 18.9 Å². The summed E-state index contributed by atoms with van der Waals surface area (Å²) in [5, 5.41) is 0. The number of benzene rings is 1. The average Bonchev–Trinajstić information content (AvgIpc) is 2.65. The van der Waals surface area contributed by atoms with E-state index in [1.807, 2.05) is 0 Å². The van der Waals surface area contributed by atoms with Gasteiger partial charge in [0.15, 0.2) is 5.89 Å². The van der Waals surface area contributed by atoms with Gasteiger partial charge in [0.05, 0.1) is 0 Å². The highest BCUT2D eigenvalue weighted by Gasteiger charge is 2.11. The predicted octanol–water partition coefficient (Wildman–Crippen LogP) is 2.77. The fourth-order valence-corrected chi connectivity index (χ4v) is 2.25. The molecule has 0 aliphatic rings. The number of rotatable bonds is 3. The minimum absolute atomic E-state index is 0.561. The van der Waals surface area contributed by atoms with Gasteiger partial charge in [-0.05, 0) is 31.9 Å². The molecule has 2 rings (SSSR count). The monoisotopic (exact) mass is 230 g/mol. The third-order valence-corrected chi connectivity index (χ3v) is 2.84. The number of nitrogens with two attached hydrogens (primary N) is 1. The van der Waals surface area contributed by atoms with Gasteiger partial charge in [0.1, 0.15) is 12.0 Å². The summed E-state index contributed by atoms with van der Waals surface area (Å²) in [6.45, 7) is 6.87. The molecule has 1 aromatic heterocycles. The Morgan fingerprint density at radius 3 is 2.41 bits per heavy atom. The minimum Gasteiger partial charge on any atom is -0.448 e. The van der Waals surface area contributed by atoms with Crippen molar-refractivity contribution in [3.8, 4) is 11.3 Å². The van der Waals surface area contributed by atoms with Crippen LogP contribution in [0.25, 0.3) is 11.3 Å². The summed E-state index contributed by atoms with van der Waals surface area (Å²) in [5.41, 5.74) is 11.3. The van der Waals surface area contributed by atoms with Crippen LogP contribution >= 0.6 is 0 Å². The molecule has 0 radical (unpaired) electrons. The van der Waals surface area contributed by atoms with E-state index in [0.717, 1.165) is 5.69 Å². The zero-order valence-electron chi connectivity index (χ0n) is 10.6. The zero-order chi connectivity index (χ0) is 12.4. The molecule has 2 aromatic rings. The van der Waals surface area contributed by atoms with Gasteiger partial charge < -0.3 is 10.2 Å². The summed E-state index contributed by atoms with van der Waals surface area (Å²) in [6.07, 6.45) is 2.40. The largest absolute Gasteiger partial charge is 0.448 e. The highest BCUT2D eigenvalue weighted by atomic mass is 16.3. The lowest BCUT2D eigenvalue weighted by Gasteiger charge is -2.08. The lowest BCUT2D eigenvalue weighted by atomic mass is 9.98. The van der Waals surface area contributed by atoms with Crippen LogP contribution in [-0.2, 0) is 6.42 Å². The molecule has 0 atom stereocenters. The summed E-state index contributed by atoms with van der Waals surface area (Å²) in [5.74, 6) is 0.710. The highest BCUT2D eigenvalue weighted by molar-refractivity contribution is 5.67. The van der Waals surface area contributed by atoms with Crippen molar-refractivity contribution in [3.05, 3.63) is 41.0 Å². The lowest BCUT2D eigenvalue weighted by Crippen LogP contribution is -2.02. The molecule has 2 N–H and O–H groups in total. The molecular formula is C14H18N2O. The molecule has 0 aliphatic heterocycles. The van der Waals surface area contributed by atoms with Crippen LogP contribution in [0.4, 0.5) is 0 Å². The van der Waals surface area contributed by atoms with Crippen LogP contribution in [0.15, 0.2) is 22.8 Å². The minimum atomic E-state index is 0.561. The molecule has 1 heterocycles. The Balaban J connectivity index is 2.45. The molecule has 0 fully saturated rings. The number of hydrogen-bond donors (Lipinski definition) is 1. The van der Waals surface area contributed by atoms with E-state index in [1.165, 1.54) is 22.3 Å². The number of hydrogen-bond acceptors (Lipinski definition) is 3. The average molecular weight is 230 g/mol. The third kappa shape index (κ3) is 2.39. The van der Waals surface area contributed by atoms with Gasteiger partial charge in [-0.2, -0.15) is 0 Å². The quantitative estimate of drug-likeness (QED) is 0.882. The molecule has 0 amide bonds. The van der Waals surface area contributed by atoms with Crippen LogP contribution in [0.3, 0.4) is 0 Å². The molecule has 3 nitrogen and oxygen atoms in total. The van der Waals surface area contributed by atoms with Crippen LogP contribution in [0, 0.1) is 20.8 Å². The van der Waals surface area contributed by atoms with Crippen LogP contribution in [-0.4, -0.2) is 11.5 Å². The Hall–Kier alpha value is -1.61. The fourth-order valence-electron chi connectivity index (χ4n) is 2.25. The molecule has 0 aliphatic carbocycles. The third-order valence-electron chi connectivity index (χ3n) is 2.84. The van der Waals surface area contributed by atoms with Crippen LogP contribution in [0.1, 0.15) is 22.6 Å². The van der Waals surface area contributed by atoms with Crippen molar-refractivity contribution >= 4 is 0 Å². The molecular weight excluding hydrogens is 212 g/mol. The number of nitrogens with zero attached hydrogens (tertiary/aromatic N) is 1. The second-order valence-electron chi connectivity index (χ2n) is 4.44. The van der Waals surface area contributed by atoms with E-state index in [1.54, 1.807) is 6.26 Å². The molecule has 17 heavy (non-hydrogen) atoms. The van der Waals surface area contributed by atoms with Gasteiger partial charge in [-0.15, -0.1) is 0 Å². The maximum atomic E-state index is 5.49. The number of aromatic nitrogens is 1. The van der Waals surface area contributed by atoms with Crippen molar-refractivity contribution in [1.29, 1.82) is 0 Å². The molecule has 0 bridgehead atoms. The summed E-state index contributed by atoms with van der Waals surface area (Å²) < 4.78 is 5.41. The predicted molar refractivity (Wildman–Crippen MR) is 68.9 cm³/mol. The van der Waals surface area contributed by atoms with E-state index in [9.17, 15) is 0 Å². The Morgan fingerprint density at radius 2 is 1.82 bits per heavy atom. The van der Waals surface area contributed by atoms with Crippen molar-refractivity contribution in [2.75, 3.05) is 6.54 Å². The van der Waals surface area contributed by atoms with E-state index in [-0.39, 0.29) is 0 Å². The Bertz CT molecular complexity index is 506. The molecule has 0 saturated heterocycles. The van der Waals surface area contributed by atoms with Crippen molar-refractivity contribution in [3.63, 3.8) is 0 Å². The molecule has 0 saturated carbocycles. The first-order valence-corrected chi connectivity index (χ1v) is 5.84. The topological polar surface area (TPSA) is 52.0 Å². The molecule has 90 valence electrons. The van der Waals surface area contributed by atoms with Gasteiger partial charge in [-0.1, -0.05) is 17.7 Å². The molecule has 0 spiro atoms. The molecule has 3 heteroatoms. The molecule has 0 unspecified atom stereocenters. The normalized spacial score (nSPS) is 10.8. The first-order chi connectivity index (χ1) is 8.11. The first kappa shape index (κ1) is 11.9. The number of aryl methyl sites for hydroxylation is 3. The Morgan fingerprint density at radius 1 is 1.18 bits per heavy atom. The van der Waals surface area contributed by atoms with Crippen molar-refractivity contribution < 1.29 is 4.42 Å². The zero-order valence-corrected chi connectivity index (χ0v) is 10.6. The summed E-state index contributed by atoms with van der Waals surface area (Å²) in [6, 6.07) is 4.33.